The highest BCUT2D eigenvalue weighted by atomic mass is 35.5. The minimum Gasteiger partial charge on any atom is -0.492 e. The summed E-state index contributed by atoms with van der Waals surface area (Å²) in [6.45, 7) is 9.84. The van der Waals surface area contributed by atoms with Crippen LogP contribution in [0.1, 0.15) is 36.2 Å². The van der Waals surface area contributed by atoms with Gasteiger partial charge in [-0.1, -0.05) is 42.0 Å². The molecule has 3 heterocycles. The Hall–Kier alpha value is -1.67. The number of likely N-dealkylation sites (N-methyl/N-ethyl adjacent to an activating group) is 1. The standard InChI is InChI=1S/C19H24ClN5OS/c1-3-15-21-19-25(22-15)18(26)17(27-19)16(13-6-5-7-14(20)12-13)24-10-8-23(4-2)9-11-24/h5-7,12,16,26H,3-4,8-11H2,1-2H3/p+2/t16-/m0/s1. The number of rotatable bonds is 5. The van der Waals surface area contributed by atoms with E-state index in [1.807, 2.05) is 25.1 Å². The number of aromatic hydroxyl groups is 1. The van der Waals surface area contributed by atoms with Crippen LogP contribution in [0.4, 0.5) is 0 Å². The maximum Gasteiger partial charge on any atom is 0.235 e. The second kappa shape index (κ2) is 7.75. The summed E-state index contributed by atoms with van der Waals surface area (Å²) in [5.41, 5.74) is 1.13. The maximum atomic E-state index is 10.9. The van der Waals surface area contributed by atoms with Gasteiger partial charge in [0.25, 0.3) is 0 Å². The Balaban J connectivity index is 1.76. The summed E-state index contributed by atoms with van der Waals surface area (Å²) in [4.78, 5) is 9.33. The van der Waals surface area contributed by atoms with Crippen molar-refractivity contribution in [3.63, 3.8) is 0 Å². The van der Waals surface area contributed by atoms with Gasteiger partial charge in [-0.25, -0.2) is 4.98 Å². The first-order valence-corrected chi connectivity index (χ1v) is 10.8. The number of hydrogen-bond acceptors (Lipinski definition) is 4. The smallest absolute Gasteiger partial charge is 0.235 e. The first kappa shape index (κ1) is 18.7. The molecule has 1 fully saturated rings. The van der Waals surface area contributed by atoms with Crippen LogP contribution < -0.4 is 9.80 Å². The predicted molar refractivity (Wildman–Crippen MR) is 107 cm³/mol. The Labute approximate surface area is 168 Å². The zero-order valence-electron chi connectivity index (χ0n) is 15.7. The van der Waals surface area contributed by atoms with Gasteiger partial charge in [-0.2, -0.15) is 4.52 Å². The lowest BCUT2D eigenvalue weighted by Gasteiger charge is -2.34. The molecule has 144 valence electrons. The molecule has 0 unspecified atom stereocenters. The monoisotopic (exact) mass is 407 g/mol. The van der Waals surface area contributed by atoms with Gasteiger partial charge in [0.1, 0.15) is 31.1 Å². The van der Waals surface area contributed by atoms with E-state index in [0.717, 1.165) is 65.4 Å². The molecule has 8 heteroatoms. The Kier molecular flexibility index (Phi) is 5.36. The van der Waals surface area contributed by atoms with E-state index in [1.54, 1.807) is 9.42 Å². The average Bonchev–Trinajstić information content (AvgIpc) is 3.22. The summed E-state index contributed by atoms with van der Waals surface area (Å²) >= 11 is 7.83. The van der Waals surface area contributed by atoms with Crippen molar-refractivity contribution < 1.29 is 14.9 Å². The highest BCUT2D eigenvalue weighted by Crippen LogP contribution is 2.35. The van der Waals surface area contributed by atoms with E-state index < -0.39 is 0 Å². The number of benzene rings is 1. The number of halogens is 1. The molecular weight excluding hydrogens is 382 g/mol. The third-order valence-electron chi connectivity index (χ3n) is 5.51. The molecule has 3 aromatic rings. The third-order valence-corrected chi connectivity index (χ3v) is 6.83. The van der Waals surface area contributed by atoms with Gasteiger partial charge in [-0.15, -0.1) is 5.10 Å². The van der Waals surface area contributed by atoms with Crippen LogP contribution >= 0.6 is 22.9 Å². The van der Waals surface area contributed by atoms with E-state index in [2.05, 4.69) is 23.1 Å². The molecule has 0 saturated carbocycles. The second-order valence-electron chi connectivity index (χ2n) is 7.12. The van der Waals surface area contributed by atoms with Crippen LogP contribution in [0.2, 0.25) is 5.02 Å². The van der Waals surface area contributed by atoms with Crippen molar-refractivity contribution in [2.24, 2.45) is 0 Å². The number of aromatic nitrogens is 3. The van der Waals surface area contributed by atoms with Crippen molar-refractivity contribution in [3.05, 3.63) is 45.6 Å². The second-order valence-corrected chi connectivity index (χ2v) is 8.56. The van der Waals surface area contributed by atoms with Crippen LogP contribution in [0.5, 0.6) is 5.88 Å². The summed E-state index contributed by atoms with van der Waals surface area (Å²) in [6, 6.07) is 8.05. The fraction of sp³-hybridized carbons (Fsp3) is 0.474. The minimum absolute atomic E-state index is 0.0423. The van der Waals surface area contributed by atoms with Gasteiger partial charge in [-0.3, -0.25) is 0 Å². The molecule has 0 amide bonds. The van der Waals surface area contributed by atoms with Gasteiger partial charge < -0.3 is 14.9 Å². The van der Waals surface area contributed by atoms with Gasteiger partial charge in [0.15, 0.2) is 11.9 Å². The van der Waals surface area contributed by atoms with Gasteiger partial charge in [-0.05, 0) is 19.1 Å². The lowest BCUT2D eigenvalue weighted by atomic mass is 10.0. The molecule has 0 aliphatic carbocycles. The number of fused-ring (bicyclic) bond motifs is 1. The topological polar surface area (TPSA) is 59.3 Å². The van der Waals surface area contributed by atoms with E-state index in [1.165, 1.54) is 16.2 Å². The SMILES string of the molecule is CCc1nc2sc([C@H](c3cccc(Cl)c3)[NH+]3CC[NH+](CC)CC3)c(O)n2n1. The molecule has 1 aliphatic rings. The first-order chi connectivity index (χ1) is 13.1. The molecule has 6 nitrogen and oxygen atoms in total. The Morgan fingerprint density at radius 2 is 2.04 bits per heavy atom. The van der Waals surface area contributed by atoms with Crippen molar-refractivity contribution >= 4 is 27.9 Å². The minimum atomic E-state index is 0.0423. The van der Waals surface area contributed by atoms with Crippen molar-refractivity contribution in [3.8, 4) is 5.88 Å². The molecule has 1 aromatic carbocycles. The van der Waals surface area contributed by atoms with Crippen LogP contribution in [0, 0.1) is 0 Å². The number of piperazine rings is 1. The van der Waals surface area contributed by atoms with Crippen molar-refractivity contribution in [1.82, 2.24) is 14.6 Å². The van der Waals surface area contributed by atoms with Gasteiger partial charge >= 0.3 is 0 Å². The van der Waals surface area contributed by atoms with Gasteiger partial charge in [0, 0.05) is 17.0 Å². The zero-order chi connectivity index (χ0) is 19.0. The Morgan fingerprint density at radius 1 is 1.26 bits per heavy atom. The molecule has 1 atom stereocenters. The molecular formula is C19H26ClN5OS+2. The number of nitrogens with one attached hydrogen (secondary N) is 2. The molecule has 3 N–H and O–H groups in total. The van der Waals surface area contributed by atoms with Crippen LogP contribution in [-0.4, -0.2) is 52.4 Å². The number of thiazole rings is 1. The number of hydrogen-bond donors (Lipinski definition) is 3. The summed E-state index contributed by atoms with van der Waals surface area (Å²) in [5.74, 6) is 0.972. The fourth-order valence-corrected chi connectivity index (χ4v) is 5.31. The summed E-state index contributed by atoms with van der Waals surface area (Å²) in [6.07, 6.45) is 0.758. The molecule has 4 rings (SSSR count). The summed E-state index contributed by atoms with van der Waals surface area (Å²) < 4.78 is 1.59. The Morgan fingerprint density at radius 3 is 2.67 bits per heavy atom. The van der Waals surface area contributed by atoms with Crippen LogP contribution in [0.25, 0.3) is 4.96 Å². The van der Waals surface area contributed by atoms with E-state index in [9.17, 15) is 5.11 Å². The highest BCUT2D eigenvalue weighted by Gasteiger charge is 2.36. The van der Waals surface area contributed by atoms with E-state index in [-0.39, 0.29) is 11.9 Å². The van der Waals surface area contributed by atoms with E-state index >= 15 is 0 Å². The molecule has 1 saturated heterocycles. The molecule has 0 spiro atoms. The largest absolute Gasteiger partial charge is 0.492 e. The van der Waals surface area contributed by atoms with Crippen molar-refractivity contribution in [2.75, 3.05) is 32.7 Å². The van der Waals surface area contributed by atoms with Crippen LogP contribution in [0.15, 0.2) is 24.3 Å². The van der Waals surface area contributed by atoms with E-state index in [0.29, 0.717) is 0 Å². The summed E-state index contributed by atoms with van der Waals surface area (Å²) in [7, 11) is 0. The average molecular weight is 408 g/mol. The molecule has 2 aromatic heterocycles. The van der Waals surface area contributed by atoms with Gasteiger partial charge in [0.05, 0.1) is 6.54 Å². The summed E-state index contributed by atoms with van der Waals surface area (Å²) in [5, 5.41) is 16.1. The molecule has 0 radical (unpaired) electrons. The number of nitrogens with zero attached hydrogens (tertiary/aromatic N) is 3. The first-order valence-electron chi connectivity index (χ1n) is 9.61. The van der Waals surface area contributed by atoms with E-state index in [4.69, 9.17) is 11.6 Å². The van der Waals surface area contributed by atoms with Crippen LogP contribution in [0.3, 0.4) is 0 Å². The van der Waals surface area contributed by atoms with Gasteiger partial charge in [0.2, 0.25) is 10.8 Å². The maximum absolute atomic E-state index is 10.9. The third kappa shape index (κ3) is 3.57. The molecule has 1 aliphatic heterocycles. The van der Waals surface area contributed by atoms with Crippen LogP contribution in [-0.2, 0) is 6.42 Å². The lowest BCUT2D eigenvalue weighted by Crippen LogP contribution is -3.28. The highest BCUT2D eigenvalue weighted by molar-refractivity contribution is 7.17. The Bertz CT molecular complexity index is 931. The molecule has 27 heavy (non-hydrogen) atoms. The van der Waals surface area contributed by atoms with Crippen molar-refractivity contribution in [1.29, 1.82) is 0 Å². The number of quaternary nitrogens is 2. The molecule has 0 bridgehead atoms. The normalized spacial score (nSPS) is 21.6. The zero-order valence-corrected chi connectivity index (χ0v) is 17.3. The number of aryl methyl sites for hydroxylation is 1. The quantitative estimate of drug-likeness (QED) is 0.580. The fourth-order valence-electron chi connectivity index (χ4n) is 3.95. The lowest BCUT2D eigenvalue weighted by molar-refractivity contribution is -1.02. The predicted octanol–water partition coefficient (Wildman–Crippen LogP) is 0.605. The van der Waals surface area contributed by atoms with Crippen molar-refractivity contribution in [2.45, 2.75) is 26.3 Å².